The van der Waals surface area contributed by atoms with Crippen molar-refractivity contribution in [3.63, 3.8) is 0 Å². The van der Waals surface area contributed by atoms with Crippen LogP contribution >= 0.6 is 0 Å². The van der Waals surface area contributed by atoms with Crippen LogP contribution in [0.4, 0.5) is 0 Å². The summed E-state index contributed by atoms with van der Waals surface area (Å²) < 4.78 is 0. The van der Waals surface area contributed by atoms with Gasteiger partial charge < -0.3 is 5.11 Å². The molecular formula is C13H18O2. The maximum atomic E-state index is 11.4. The lowest BCUT2D eigenvalue weighted by atomic mass is 10.0. The van der Waals surface area contributed by atoms with Gasteiger partial charge in [-0.2, -0.15) is 0 Å². The lowest BCUT2D eigenvalue weighted by Gasteiger charge is -2.06. The maximum Gasteiger partial charge on any atom is 0.135 e. The van der Waals surface area contributed by atoms with Crippen LogP contribution in [0, 0.1) is 0 Å². The van der Waals surface area contributed by atoms with E-state index in [2.05, 4.69) is 0 Å². The quantitative estimate of drug-likeness (QED) is 0.775. The fourth-order valence-electron chi connectivity index (χ4n) is 1.44. The molecule has 0 spiro atoms. The van der Waals surface area contributed by atoms with E-state index in [0.29, 0.717) is 19.3 Å². The second-order valence-electron chi connectivity index (χ2n) is 3.79. The minimum atomic E-state index is -0.465. The molecule has 15 heavy (non-hydrogen) atoms. The molecule has 1 unspecified atom stereocenters. The van der Waals surface area contributed by atoms with Crippen molar-refractivity contribution >= 4 is 5.78 Å². The molecule has 0 aliphatic rings. The molecule has 0 aliphatic heterocycles. The summed E-state index contributed by atoms with van der Waals surface area (Å²) in [5.41, 5.74) is 1.18. The molecule has 82 valence electrons. The molecule has 1 aromatic rings. The van der Waals surface area contributed by atoms with Crippen LogP contribution in [0.1, 0.15) is 31.7 Å². The molecule has 0 saturated carbocycles. The van der Waals surface area contributed by atoms with Crippen molar-refractivity contribution < 1.29 is 9.90 Å². The van der Waals surface area contributed by atoms with Gasteiger partial charge in [0.1, 0.15) is 5.78 Å². The van der Waals surface area contributed by atoms with Gasteiger partial charge >= 0.3 is 0 Å². The number of aryl methyl sites for hydroxylation is 1. The molecule has 0 aromatic heterocycles. The highest BCUT2D eigenvalue weighted by Gasteiger charge is 2.08. The van der Waals surface area contributed by atoms with Gasteiger partial charge in [-0.15, -0.1) is 0 Å². The van der Waals surface area contributed by atoms with Gasteiger partial charge in [-0.05, 0) is 18.4 Å². The van der Waals surface area contributed by atoms with Crippen molar-refractivity contribution in [2.24, 2.45) is 0 Å². The number of carbonyl (C=O) groups excluding carboxylic acids is 1. The molecule has 0 fully saturated rings. The molecule has 0 radical (unpaired) electrons. The number of rotatable bonds is 6. The van der Waals surface area contributed by atoms with E-state index in [0.717, 1.165) is 6.42 Å². The summed E-state index contributed by atoms with van der Waals surface area (Å²) in [5, 5.41) is 9.30. The van der Waals surface area contributed by atoms with Crippen molar-refractivity contribution in [3.8, 4) is 0 Å². The third-order valence-corrected chi connectivity index (χ3v) is 2.47. The molecule has 0 bridgehead atoms. The SMILES string of the molecule is CCC(O)CC(=O)CCc1ccccc1. The zero-order valence-corrected chi connectivity index (χ0v) is 9.15. The monoisotopic (exact) mass is 206 g/mol. The topological polar surface area (TPSA) is 37.3 Å². The first kappa shape index (κ1) is 11.9. The fraction of sp³-hybridized carbons (Fsp3) is 0.462. The number of carbonyl (C=O) groups is 1. The van der Waals surface area contributed by atoms with E-state index in [9.17, 15) is 9.90 Å². The van der Waals surface area contributed by atoms with Gasteiger partial charge in [0.25, 0.3) is 0 Å². The van der Waals surface area contributed by atoms with Crippen molar-refractivity contribution in [2.75, 3.05) is 0 Å². The third-order valence-electron chi connectivity index (χ3n) is 2.47. The molecule has 0 saturated heterocycles. The molecule has 1 atom stereocenters. The smallest absolute Gasteiger partial charge is 0.135 e. The summed E-state index contributed by atoms with van der Waals surface area (Å²) >= 11 is 0. The fourth-order valence-corrected chi connectivity index (χ4v) is 1.44. The van der Waals surface area contributed by atoms with Crippen LogP contribution in [0.15, 0.2) is 30.3 Å². The van der Waals surface area contributed by atoms with Gasteiger partial charge in [0.05, 0.1) is 6.10 Å². The zero-order chi connectivity index (χ0) is 11.1. The van der Waals surface area contributed by atoms with Crippen LogP contribution in [0.3, 0.4) is 0 Å². The first-order chi connectivity index (χ1) is 7.22. The molecule has 2 nitrogen and oxygen atoms in total. The van der Waals surface area contributed by atoms with Gasteiger partial charge in [-0.25, -0.2) is 0 Å². The number of aliphatic hydroxyl groups excluding tert-OH is 1. The van der Waals surface area contributed by atoms with Crippen LogP contribution in [0.2, 0.25) is 0 Å². The van der Waals surface area contributed by atoms with Crippen LogP contribution in [-0.2, 0) is 11.2 Å². The molecule has 1 rings (SSSR count). The molecule has 1 aromatic carbocycles. The zero-order valence-electron chi connectivity index (χ0n) is 9.15. The standard InChI is InChI=1S/C13H18O2/c1-2-12(14)10-13(15)9-8-11-6-4-3-5-7-11/h3-7,12,14H,2,8-10H2,1H3. The van der Waals surface area contributed by atoms with Crippen molar-refractivity contribution in [3.05, 3.63) is 35.9 Å². The van der Waals surface area contributed by atoms with Crippen LogP contribution in [-0.4, -0.2) is 17.0 Å². The molecule has 0 aliphatic carbocycles. The van der Waals surface area contributed by atoms with E-state index >= 15 is 0 Å². The third kappa shape index (κ3) is 4.75. The minimum absolute atomic E-state index is 0.146. The Bertz CT molecular complexity index is 293. The van der Waals surface area contributed by atoms with Gasteiger partial charge in [0.15, 0.2) is 0 Å². The van der Waals surface area contributed by atoms with Crippen molar-refractivity contribution in [1.82, 2.24) is 0 Å². The van der Waals surface area contributed by atoms with E-state index in [1.807, 2.05) is 37.3 Å². The van der Waals surface area contributed by atoms with Crippen LogP contribution in [0.25, 0.3) is 0 Å². The Morgan fingerprint density at radius 3 is 2.60 bits per heavy atom. The molecular weight excluding hydrogens is 188 g/mol. The summed E-state index contributed by atoms with van der Waals surface area (Å²) in [4.78, 5) is 11.4. The number of hydrogen-bond acceptors (Lipinski definition) is 2. The van der Waals surface area contributed by atoms with Gasteiger partial charge in [0, 0.05) is 12.8 Å². The van der Waals surface area contributed by atoms with Crippen LogP contribution < -0.4 is 0 Å². The number of Topliss-reactive ketones (excluding diaryl/α,β-unsaturated/α-hetero) is 1. The summed E-state index contributed by atoms with van der Waals surface area (Å²) in [6.07, 6.45) is 1.78. The molecule has 2 heteroatoms. The highest BCUT2D eigenvalue weighted by Crippen LogP contribution is 2.06. The van der Waals surface area contributed by atoms with Gasteiger partial charge in [0.2, 0.25) is 0 Å². The van der Waals surface area contributed by atoms with Crippen molar-refractivity contribution in [2.45, 2.75) is 38.7 Å². The Hall–Kier alpha value is -1.15. The average Bonchev–Trinajstić information content (AvgIpc) is 2.27. The minimum Gasteiger partial charge on any atom is -0.393 e. The normalized spacial score (nSPS) is 12.4. The first-order valence-corrected chi connectivity index (χ1v) is 5.46. The number of benzene rings is 1. The van der Waals surface area contributed by atoms with E-state index in [1.165, 1.54) is 5.56 Å². The lowest BCUT2D eigenvalue weighted by Crippen LogP contribution is -2.12. The van der Waals surface area contributed by atoms with Gasteiger partial charge in [-0.3, -0.25) is 4.79 Å². The summed E-state index contributed by atoms with van der Waals surface area (Å²) in [6.45, 7) is 1.88. The molecule has 1 N–H and O–H groups in total. The summed E-state index contributed by atoms with van der Waals surface area (Å²) in [6, 6.07) is 9.95. The molecule has 0 heterocycles. The van der Waals surface area contributed by atoms with E-state index < -0.39 is 6.10 Å². The largest absolute Gasteiger partial charge is 0.393 e. The van der Waals surface area contributed by atoms with E-state index in [1.54, 1.807) is 0 Å². The van der Waals surface area contributed by atoms with E-state index in [4.69, 9.17) is 0 Å². The molecule has 0 amide bonds. The Morgan fingerprint density at radius 1 is 1.33 bits per heavy atom. The summed E-state index contributed by atoms with van der Waals surface area (Å²) in [7, 11) is 0. The highest BCUT2D eigenvalue weighted by atomic mass is 16.3. The number of ketones is 1. The second-order valence-corrected chi connectivity index (χ2v) is 3.79. The van der Waals surface area contributed by atoms with E-state index in [-0.39, 0.29) is 5.78 Å². The Kier molecular flexibility index (Phi) is 5.05. The summed E-state index contributed by atoms with van der Waals surface area (Å²) in [5.74, 6) is 0.146. The lowest BCUT2D eigenvalue weighted by molar-refractivity contribution is -0.120. The average molecular weight is 206 g/mol. The maximum absolute atomic E-state index is 11.4. The Balaban J connectivity index is 2.29. The number of hydrogen-bond donors (Lipinski definition) is 1. The Labute approximate surface area is 90.9 Å². The van der Waals surface area contributed by atoms with Crippen LogP contribution in [0.5, 0.6) is 0 Å². The van der Waals surface area contributed by atoms with Gasteiger partial charge in [-0.1, -0.05) is 37.3 Å². The predicted octanol–water partition coefficient (Wildman–Crippen LogP) is 2.35. The first-order valence-electron chi connectivity index (χ1n) is 5.46. The number of aliphatic hydroxyl groups is 1. The second kappa shape index (κ2) is 6.36. The highest BCUT2D eigenvalue weighted by molar-refractivity contribution is 5.79. The van der Waals surface area contributed by atoms with Crippen molar-refractivity contribution in [1.29, 1.82) is 0 Å². The predicted molar refractivity (Wildman–Crippen MR) is 60.7 cm³/mol. The Morgan fingerprint density at radius 2 is 2.00 bits per heavy atom.